The third kappa shape index (κ3) is 7.02. The van der Waals surface area contributed by atoms with Crippen LogP contribution < -0.4 is 15.8 Å². The summed E-state index contributed by atoms with van der Waals surface area (Å²) >= 11 is 0. The molecule has 0 aliphatic carbocycles. The molecule has 0 bridgehead atoms. The zero-order valence-corrected chi connectivity index (χ0v) is 17.7. The Balaban J connectivity index is 1.87. The molecule has 0 fully saturated rings. The number of aromatic nitrogens is 1. The second-order valence-corrected chi connectivity index (χ2v) is 7.97. The quantitative estimate of drug-likeness (QED) is 0.631. The van der Waals surface area contributed by atoms with Gasteiger partial charge >= 0.3 is 6.09 Å². The molecule has 0 aliphatic heterocycles. The number of halogens is 1. The Bertz CT molecular complexity index is 896. The minimum Gasteiger partial charge on any atom is -0.493 e. The van der Waals surface area contributed by atoms with Crippen molar-refractivity contribution >= 4 is 12.0 Å². The highest BCUT2D eigenvalue weighted by Crippen LogP contribution is 2.28. The van der Waals surface area contributed by atoms with Crippen molar-refractivity contribution in [1.29, 1.82) is 0 Å². The maximum atomic E-state index is 14.6. The van der Waals surface area contributed by atoms with Gasteiger partial charge in [0.25, 0.3) is 5.91 Å². The van der Waals surface area contributed by atoms with Gasteiger partial charge in [0.2, 0.25) is 0 Å². The number of hydrogen-bond donors (Lipinski definition) is 2. The molecule has 162 valence electrons. The number of ether oxygens (including phenoxy) is 2. The van der Waals surface area contributed by atoms with Crippen molar-refractivity contribution in [1.82, 2.24) is 10.3 Å². The number of carbonyl (C=O) groups is 2. The fourth-order valence-corrected chi connectivity index (χ4v) is 2.79. The summed E-state index contributed by atoms with van der Waals surface area (Å²) in [6, 6.07) is 5.90. The van der Waals surface area contributed by atoms with Gasteiger partial charge in [0, 0.05) is 35.6 Å². The van der Waals surface area contributed by atoms with Crippen LogP contribution >= 0.6 is 0 Å². The first kappa shape index (κ1) is 23.1. The lowest BCUT2D eigenvalue weighted by atomic mass is 10.0. The van der Waals surface area contributed by atoms with Crippen molar-refractivity contribution < 1.29 is 23.5 Å². The normalized spacial score (nSPS) is 12.2. The van der Waals surface area contributed by atoms with Gasteiger partial charge in [-0.2, -0.15) is 0 Å². The molecule has 2 amide bonds. The standard InChI is InChI=1S/C22H28FN3O4/c1-14(26-21(28)30-22(2,3)4)6-5-11-29-15-7-8-17(19(23)12-15)16-9-10-25-13-18(16)20(24)27/h7-10,12-14H,5-6,11H2,1-4H3,(H2,24,27)(H,26,28). The Morgan fingerprint density at radius 3 is 2.60 bits per heavy atom. The fraction of sp³-hybridized carbons (Fsp3) is 0.409. The number of carbonyl (C=O) groups excluding carboxylic acids is 2. The zero-order chi connectivity index (χ0) is 22.3. The third-order valence-electron chi connectivity index (χ3n) is 4.13. The molecule has 1 aromatic carbocycles. The number of nitrogens with zero attached hydrogens (tertiary/aromatic N) is 1. The molecule has 0 saturated carbocycles. The maximum Gasteiger partial charge on any atom is 0.407 e. The molecular formula is C22H28FN3O4. The van der Waals surface area contributed by atoms with Crippen LogP contribution in [0, 0.1) is 5.82 Å². The summed E-state index contributed by atoms with van der Waals surface area (Å²) in [4.78, 5) is 27.1. The first-order chi connectivity index (χ1) is 14.1. The second kappa shape index (κ2) is 10.0. The van der Waals surface area contributed by atoms with E-state index in [1.807, 2.05) is 6.92 Å². The number of rotatable bonds is 8. The summed E-state index contributed by atoms with van der Waals surface area (Å²) in [6.45, 7) is 7.65. The van der Waals surface area contributed by atoms with E-state index in [2.05, 4.69) is 10.3 Å². The van der Waals surface area contributed by atoms with Gasteiger partial charge in [-0.15, -0.1) is 0 Å². The number of pyridine rings is 1. The number of nitrogens with two attached hydrogens (primary N) is 1. The highest BCUT2D eigenvalue weighted by atomic mass is 19.1. The van der Waals surface area contributed by atoms with Crippen molar-refractivity contribution in [3.63, 3.8) is 0 Å². The van der Waals surface area contributed by atoms with Gasteiger partial charge in [0.1, 0.15) is 17.2 Å². The van der Waals surface area contributed by atoms with Crippen LogP contribution in [-0.4, -0.2) is 35.2 Å². The Morgan fingerprint density at radius 1 is 1.23 bits per heavy atom. The molecular weight excluding hydrogens is 389 g/mol. The minimum atomic E-state index is -0.674. The number of amides is 2. The topological polar surface area (TPSA) is 104 Å². The Kier molecular flexibility index (Phi) is 7.74. The number of nitrogens with one attached hydrogen (secondary N) is 1. The molecule has 8 heteroatoms. The van der Waals surface area contributed by atoms with Crippen molar-refractivity contribution in [2.24, 2.45) is 5.73 Å². The monoisotopic (exact) mass is 417 g/mol. The maximum absolute atomic E-state index is 14.6. The number of benzene rings is 1. The average Bonchev–Trinajstić information content (AvgIpc) is 2.63. The van der Waals surface area contributed by atoms with E-state index in [1.54, 1.807) is 32.9 Å². The molecule has 7 nitrogen and oxygen atoms in total. The highest BCUT2D eigenvalue weighted by Gasteiger charge is 2.18. The van der Waals surface area contributed by atoms with Crippen LogP contribution in [0.5, 0.6) is 5.75 Å². The Hall–Kier alpha value is -3.16. The van der Waals surface area contributed by atoms with Gasteiger partial charge in [0.05, 0.1) is 12.2 Å². The van der Waals surface area contributed by atoms with Crippen LogP contribution in [0.25, 0.3) is 11.1 Å². The summed E-state index contributed by atoms with van der Waals surface area (Å²) in [5.74, 6) is -0.827. The van der Waals surface area contributed by atoms with Crippen LogP contribution in [0.3, 0.4) is 0 Å². The lowest BCUT2D eigenvalue weighted by molar-refractivity contribution is 0.0504. The summed E-state index contributed by atoms with van der Waals surface area (Å²) in [5.41, 5.74) is 5.57. The highest BCUT2D eigenvalue weighted by molar-refractivity contribution is 5.99. The van der Waals surface area contributed by atoms with Gasteiger partial charge in [-0.25, -0.2) is 9.18 Å². The summed E-state index contributed by atoms with van der Waals surface area (Å²) in [6.07, 6.45) is 3.67. The lowest BCUT2D eigenvalue weighted by Gasteiger charge is -2.22. The molecule has 1 atom stereocenters. The molecule has 0 saturated heterocycles. The molecule has 1 heterocycles. The number of primary amides is 1. The Labute approximate surface area is 175 Å². The van der Waals surface area contributed by atoms with E-state index < -0.39 is 23.4 Å². The third-order valence-corrected chi connectivity index (χ3v) is 4.13. The van der Waals surface area contributed by atoms with Crippen LogP contribution in [0.2, 0.25) is 0 Å². The van der Waals surface area contributed by atoms with Crippen molar-refractivity contribution in [3.8, 4) is 16.9 Å². The van der Waals surface area contributed by atoms with Gasteiger partial charge in [-0.3, -0.25) is 9.78 Å². The van der Waals surface area contributed by atoms with Crippen molar-refractivity contribution in [3.05, 3.63) is 48.0 Å². The van der Waals surface area contributed by atoms with E-state index in [9.17, 15) is 14.0 Å². The van der Waals surface area contributed by atoms with Gasteiger partial charge in [-0.05, 0) is 58.7 Å². The number of hydrogen-bond acceptors (Lipinski definition) is 5. The lowest BCUT2D eigenvalue weighted by Crippen LogP contribution is -2.37. The van der Waals surface area contributed by atoms with Crippen LogP contribution in [0.4, 0.5) is 9.18 Å². The van der Waals surface area contributed by atoms with E-state index in [0.717, 1.165) is 0 Å². The summed E-state index contributed by atoms with van der Waals surface area (Å²) in [7, 11) is 0. The number of alkyl carbamates (subject to hydrolysis) is 1. The summed E-state index contributed by atoms with van der Waals surface area (Å²) < 4.78 is 25.4. The average molecular weight is 417 g/mol. The molecule has 2 aromatic rings. The second-order valence-electron chi connectivity index (χ2n) is 7.97. The molecule has 0 radical (unpaired) electrons. The van der Waals surface area contributed by atoms with E-state index in [4.69, 9.17) is 15.2 Å². The van der Waals surface area contributed by atoms with Crippen molar-refractivity contribution in [2.45, 2.75) is 52.2 Å². The fourth-order valence-electron chi connectivity index (χ4n) is 2.79. The van der Waals surface area contributed by atoms with Crippen molar-refractivity contribution in [2.75, 3.05) is 6.61 Å². The van der Waals surface area contributed by atoms with E-state index in [1.165, 1.54) is 24.5 Å². The molecule has 2 rings (SSSR count). The Morgan fingerprint density at radius 2 is 1.97 bits per heavy atom. The van der Waals surface area contributed by atoms with E-state index >= 15 is 0 Å². The molecule has 0 spiro atoms. The molecule has 0 aliphatic rings. The van der Waals surface area contributed by atoms with Crippen LogP contribution in [-0.2, 0) is 4.74 Å². The molecule has 1 aromatic heterocycles. The SMILES string of the molecule is CC(CCCOc1ccc(-c2ccncc2C(N)=O)c(F)c1)NC(=O)OC(C)(C)C. The molecule has 30 heavy (non-hydrogen) atoms. The minimum absolute atomic E-state index is 0.0820. The van der Waals surface area contributed by atoms with E-state index in [0.29, 0.717) is 30.8 Å². The molecule has 3 N–H and O–H groups in total. The van der Waals surface area contributed by atoms with Crippen LogP contribution in [0.15, 0.2) is 36.7 Å². The predicted octanol–water partition coefficient (Wildman–Crippen LogP) is 4.06. The smallest absolute Gasteiger partial charge is 0.407 e. The van der Waals surface area contributed by atoms with Crippen LogP contribution in [0.1, 0.15) is 50.9 Å². The van der Waals surface area contributed by atoms with Gasteiger partial charge < -0.3 is 20.5 Å². The molecule has 1 unspecified atom stereocenters. The van der Waals surface area contributed by atoms with Gasteiger partial charge in [-0.1, -0.05) is 0 Å². The van der Waals surface area contributed by atoms with E-state index in [-0.39, 0.29) is 17.2 Å². The first-order valence-electron chi connectivity index (χ1n) is 9.73. The van der Waals surface area contributed by atoms with Gasteiger partial charge in [0.15, 0.2) is 0 Å². The first-order valence-corrected chi connectivity index (χ1v) is 9.73. The predicted molar refractivity (Wildman–Crippen MR) is 112 cm³/mol. The zero-order valence-electron chi connectivity index (χ0n) is 17.7. The summed E-state index contributed by atoms with van der Waals surface area (Å²) in [5, 5.41) is 2.76. The largest absolute Gasteiger partial charge is 0.493 e.